The molecule has 5 nitrogen and oxygen atoms in total. The fourth-order valence-corrected chi connectivity index (χ4v) is 4.41. The van der Waals surface area contributed by atoms with E-state index < -0.39 is 28.5 Å². The molecule has 0 saturated heterocycles. The summed E-state index contributed by atoms with van der Waals surface area (Å²) in [4.78, 5) is 17.0. The van der Waals surface area contributed by atoms with Gasteiger partial charge in [0.2, 0.25) is 5.91 Å². The standard InChI is InChI=1S/C24H23F4N3O2S/c1-16(2)31(34(33)21-5-3-4-20(25)13-21)15-23(32)30-14-17-10-11-29-22(12-17)18-6-8-19(9-7-18)24(26,27)28/h3-13,16H,14-15H2,1-2H3,(H,30,32). The maximum Gasteiger partial charge on any atom is 0.416 e. The highest BCUT2D eigenvalue weighted by atomic mass is 32.2. The van der Waals surface area contributed by atoms with Crippen molar-refractivity contribution in [2.24, 2.45) is 0 Å². The summed E-state index contributed by atoms with van der Waals surface area (Å²) in [6.45, 7) is 3.54. The minimum Gasteiger partial charge on any atom is -0.351 e. The van der Waals surface area contributed by atoms with E-state index in [1.54, 1.807) is 26.0 Å². The number of hydrogen-bond donors (Lipinski definition) is 1. The van der Waals surface area contributed by atoms with Crippen molar-refractivity contribution in [1.29, 1.82) is 0 Å². The Hall–Kier alpha value is -3.11. The molecule has 3 rings (SSSR count). The number of aromatic nitrogens is 1. The minimum atomic E-state index is -4.42. The Morgan fingerprint density at radius 3 is 2.41 bits per heavy atom. The Bertz CT molecular complexity index is 1170. The topological polar surface area (TPSA) is 62.3 Å². The highest BCUT2D eigenvalue weighted by Crippen LogP contribution is 2.30. The number of nitrogens with zero attached hydrogens (tertiary/aromatic N) is 2. The van der Waals surface area contributed by atoms with Crippen LogP contribution in [0, 0.1) is 5.82 Å². The molecule has 3 aromatic rings. The first-order valence-electron chi connectivity index (χ1n) is 10.4. The number of nitrogens with one attached hydrogen (secondary N) is 1. The zero-order chi connectivity index (χ0) is 24.9. The van der Waals surface area contributed by atoms with E-state index in [9.17, 15) is 26.6 Å². The van der Waals surface area contributed by atoms with Crippen LogP contribution in [0.3, 0.4) is 0 Å². The third kappa shape index (κ3) is 6.71. The summed E-state index contributed by atoms with van der Waals surface area (Å²) in [5.74, 6) is -0.896. The molecule has 0 aliphatic heterocycles. The van der Waals surface area contributed by atoms with Crippen LogP contribution in [0.25, 0.3) is 11.3 Å². The van der Waals surface area contributed by atoms with Crippen LogP contribution in [-0.4, -0.2) is 32.0 Å². The molecule has 0 saturated carbocycles. The van der Waals surface area contributed by atoms with E-state index >= 15 is 0 Å². The van der Waals surface area contributed by atoms with Crippen LogP contribution in [-0.2, 0) is 28.5 Å². The lowest BCUT2D eigenvalue weighted by atomic mass is 10.1. The van der Waals surface area contributed by atoms with Crippen LogP contribution in [0.4, 0.5) is 17.6 Å². The van der Waals surface area contributed by atoms with Gasteiger partial charge < -0.3 is 5.32 Å². The largest absolute Gasteiger partial charge is 0.416 e. The van der Waals surface area contributed by atoms with Gasteiger partial charge in [-0.2, -0.15) is 13.2 Å². The van der Waals surface area contributed by atoms with E-state index in [4.69, 9.17) is 0 Å². The molecule has 34 heavy (non-hydrogen) atoms. The van der Waals surface area contributed by atoms with Crippen LogP contribution in [0.15, 0.2) is 71.8 Å². The monoisotopic (exact) mass is 493 g/mol. The van der Waals surface area contributed by atoms with Gasteiger partial charge in [0.15, 0.2) is 0 Å². The van der Waals surface area contributed by atoms with E-state index in [1.807, 2.05) is 0 Å². The Labute approximate surface area is 197 Å². The molecule has 0 aliphatic carbocycles. The number of pyridine rings is 1. The number of amides is 1. The molecule has 0 aliphatic rings. The van der Waals surface area contributed by atoms with Gasteiger partial charge in [-0.05, 0) is 61.9 Å². The zero-order valence-corrected chi connectivity index (χ0v) is 19.3. The Morgan fingerprint density at radius 2 is 1.79 bits per heavy atom. The fraction of sp³-hybridized carbons (Fsp3) is 0.250. The van der Waals surface area contributed by atoms with E-state index in [0.717, 1.165) is 12.1 Å². The molecule has 10 heteroatoms. The van der Waals surface area contributed by atoms with Crippen molar-refractivity contribution in [1.82, 2.24) is 14.6 Å². The van der Waals surface area contributed by atoms with Crippen molar-refractivity contribution in [2.75, 3.05) is 6.54 Å². The van der Waals surface area contributed by atoms with Gasteiger partial charge in [-0.3, -0.25) is 9.78 Å². The smallest absolute Gasteiger partial charge is 0.351 e. The summed E-state index contributed by atoms with van der Waals surface area (Å²) in [6.07, 6.45) is -2.91. The third-order valence-electron chi connectivity index (χ3n) is 4.91. The normalized spacial score (nSPS) is 12.7. The van der Waals surface area contributed by atoms with Crippen molar-refractivity contribution in [2.45, 2.75) is 37.5 Å². The van der Waals surface area contributed by atoms with Gasteiger partial charge in [-0.1, -0.05) is 18.2 Å². The lowest BCUT2D eigenvalue weighted by Gasteiger charge is -2.24. The van der Waals surface area contributed by atoms with Crippen LogP contribution < -0.4 is 5.32 Å². The Morgan fingerprint density at radius 1 is 1.09 bits per heavy atom. The number of alkyl halides is 3. The predicted octanol–water partition coefficient (Wildman–Crippen LogP) is 4.96. The van der Waals surface area contributed by atoms with Gasteiger partial charge in [0.25, 0.3) is 0 Å². The van der Waals surface area contributed by atoms with E-state index in [1.165, 1.54) is 46.9 Å². The Balaban J connectivity index is 1.64. The molecule has 0 radical (unpaired) electrons. The number of halogens is 4. The lowest BCUT2D eigenvalue weighted by molar-refractivity contribution is -0.137. The summed E-state index contributed by atoms with van der Waals surface area (Å²) in [7, 11) is -1.72. The first-order chi connectivity index (χ1) is 16.0. The molecule has 1 atom stereocenters. The molecule has 1 aromatic heterocycles. The van der Waals surface area contributed by atoms with Crippen LogP contribution in [0.2, 0.25) is 0 Å². The van der Waals surface area contributed by atoms with Crippen LogP contribution in [0.1, 0.15) is 25.0 Å². The van der Waals surface area contributed by atoms with Gasteiger partial charge in [0.1, 0.15) is 16.8 Å². The summed E-state index contributed by atoms with van der Waals surface area (Å²) in [5, 5.41) is 2.74. The zero-order valence-electron chi connectivity index (χ0n) is 18.5. The van der Waals surface area contributed by atoms with Gasteiger partial charge in [-0.15, -0.1) is 0 Å². The molecule has 1 unspecified atom stereocenters. The van der Waals surface area contributed by atoms with Crippen molar-refractivity contribution in [3.63, 3.8) is 0 Å². The quantitative estimate of drug-likeness (QED) is 0.452. The van der Waals surface area contributed by atoms with Gasteiger partial charge >= 0.3 is 6.18 Å². The van der Waals surface area contributed by atoms with E-state index in [2.05, 4.69) is 10.3 Å². The van der Waals surface area contributed by atoms with E-state index in [0.29, 0.717) is 16.8 Å². The molecular formula is C24H23F4N3O2S. The first-order valence-corrected chi connectivity index (χ1v) is 11.5. The number of carbonyl (C=O) groups is 1. The van der Waals surface area contributed by atoms with Crippen LogP contribution in [0.5, 0.6) is 0 Å². The molecule has 0 spiro atoms. The van der Waals surface area contributed by atoms with Crippen molar-refractivity contribution < 1.29 is 26.6 Å². The Kier molecular flexibility index (Phi) is 8.16. The number of benzene rings is 2. The molecule has 1 amide bonds. The second-order valence-electron chi connectivity index (χ2n) is 7.78. The minimum absolute atomic E-state index is 0.146. The average Bonchev–Trinajstić information content (AvgIpc) is 2.80. The number of hydrogen-bond acceptors (Lipinski definition) is 3. The number of carbonyl (C=O) groups excluding carboxylic acids is 1. The molecule has 0 bridgehead atoms. The SMILES string of the molecule is CC(C)N(CC(=O)NCc1ccnc(-c2ccc(C(F)(F)F)cc2)c1)S(=O)c1cccc(F)c1. The van der Waals surface area contributed by atoms with Crippen molar-refractivity contribution in [3.8, 4) is 11.3 Å². The second-order valence-corrected chi connectivity index (χ2v) is 9.22. The maximum atomic E-state index is 13.5. The van der Waals surface area contributed by atoms with Crippen LogP contribution >= 0.6 is 0 Å². The summed E-state index contributed by atoms with van der Waals surface area (Å²) < 4.78 is 66.1. The fourth-order valence-electron chi connectivity index (χ4n) is 3.11. The predicted molar refractivity (Wildman–Crippen MR) is 121 cm³/mol. The van der Waals surface area contributed by atoms with Crippen molar-refractivity contribution in [3.05, 3.63) is 83.8 Å². The first kappa shape index (κ1) is 25.5. The van der Waals surface area contributed by atoms with E-state index in [-0.39, 0.29) is 29.9 Å². The van der Waals surface area contributed by atoms with Gasteiger partial charge in [-0.25, -0.2) is 12.9 Å². The molecule has 180 valence electrons. The number of rotatable bonds is 8. The molecule has 1 heterocycles. The molecule has 0 fully saturated rings. The molecule has 1 N–H and O–H groups in total. The van der Waals surface area contributed by atoms with Crippen molar-refractivity contribution >= 4 is 16.9 Å². The summed E-state index contributed by atoms with van der Waals surface area (Å²) in [5.41, 5.74) is 0.930. The maximum absolute atomic E-state index is 13.5. The highest BCUT2D eigenvalue weighted by Gasteiger charge is 2.30. The molecular weight excluding hydrogens is 470 g/mol. The van der Waals surface area contributed by atoms with Gasteiger partial charge in [0.05, 0.1) is 22.7 Å². The summed E-state index contributed by atoms with van der Waals surface area (Å²) in [6, 6.07) is 13.2. The molecule has 2 aromatic carbocycles. The third-order valence-corrected chi connectivity index (χ3v) is 6.54. The second kappa shape index (κ2) is 10.9. The lowest BCUT2D eigenvalue weighted by Crippen LogP contribution is -2.41. The average molecular weight is 494 g/mol. The van der Waals surface area contributed by atoms with Gasteiger partial charge in [0, 0.05) is 24.3 Å². The highest BCUT2D eigenvalue weighted by molar-refractivity contribution is 7.82. The summed E-state index contributed by atoms with van der Waals surface area (Å²) >= 11 is 0.